The normalized spacial score (nSPS) is 10.9. The van der Waals surface area contributed by atoms with E-state index in [0.29, 0.717) is 0 Å². The molecule has 9 heteroatoms. The van der Waals surface area contributed by atoms with Crippen LogP contribution >= 0.6 is 0 Å². The summed E-state index contributed by atoms with van der Waals surface area (Å²) in [4.78, 5) is 25.3. The number of pyridine rings is 1. The van der Waals surface area contributed by atoms with Gasteiger partial charge in [-0.05, 0) is 36.8 Å². The molecule has 2 rings (SSSR count). The molecule has 1 heterocycles. The summed E-state index contributed by atoms with van der Waals surface area (Å²) >= 11 is 0. The van der Waals surface area contributed by atoms with Crippen molar-refractivity contribution in [1.82, 2.24) is 4.98 Å². The van der Waals surface area contributed by atoms with E-state index in [1.54, 1.807) is 13.0 Å². The minimum Gasteiger partial charge on any atom is -0.480 e. The molecule has 0 aliphatic heterocycles. The molecule has 0 aliphatic carbocycles. The van der Waals surface area contributed by atoms with Gasteiger partial charge >= 0.3 is 5.91 Å². The number of nitrogens with one attached hydrogen (secondary N) is 1. The molecule has 120 valence electrons. The van der Waals surface area contributed by atoms with Gasteiger partial charge in [-0.3, -0.25) is 9.52 Å². The van der Waals surface area contributed by atoms with Crippen molar-refractivity contribution in [2.24, 2.45) is 5.18 Å². The van der Waals surface area contributed by atoms with Crippen molar-refractivity contribution in [2.75, 3.05) is 11.8 Å². The van der Waals surface area contributed by atoms with Crippen LogP contribution in [-0.4, -0.2) is 26.4 Å². The first kappa shape index (κ1) is 16.6. The summed E-state index contributed by atoms with van der Waals surface area (Å²) < 4.78 is 32.2. The highest BCUT2D eigenvalue weighted by atomic mass is 32.2. The predicted octanol–water partition coefficient (Wildman–Crippen LogP) is 2.11. The molecule has 1 N–H and O–H groups in total. The van der Waals surface area contributed by atoms with Gasteiger partial charge in [0, 0.05) is 16.9 Å². The fourth-order valence-corrected chi connectivity index (χ4v) is 2.94. The quantitative estimate of drug-likeness (QED) is 0.837. The Kier molecular flexibility index (Phi) is 4.70. The molecule has 0 atom stereocenters. The lowest BCUT2D eigenvalue weighted by atomic mass is 10.2. The van der Waals surface area contributed by atoms with Gasteiger partial charge in [0.25, 0.3) is 10.0 Å². The monoisotopic (exact) mass is 335 g/mol. The second-order valence-electron chi connectivity index (χ2n) is 4.60. The van der Waals surface area contributed by atoms with Gasteiger partial charge in [0.1, 0.15) is 5.69 Å². The molecule has 0 spiro atoms. The van der Waals surface area contributed by atoms with Gasteiger partial charge in [-0.1, -0.05) is 6.07 Å². The third-order valence-electron chi connectivity index (χ3n) is 2.90. The van der Waals surface area contributed by atoms with Crippen LogP contribution < -0.4 is 9.46 Å². The van der Waals surface area contributed by atoms with E-state index in [-0.39, 0.29) is 22.0 Å². The van der Waals surface area contributed by atoms with Crippen LogP contribution in [0.25, 0.3) is 0 Å². The molecule has 0 aliphatic rings. The molecule has 0 unspecified atom stereocenters. The van der Waals surface area contributed by atoms with Crippen molar-refractivity contribution in [1.29, 1.82) is 0 Å². The second kappa shape index (κ2) is 6.53. The zero-order valence-corrected chi connectivity index (χ0v) is 13.1. The standard InChI is InChI=1S/C14H13N3O5S/c1-9-6-12(14(22-2)15-8-9)17-23(20,21)11-5-3-4-10(7-11)13(18)16-19/h3-8,17H,1-2H3. The van der Waals surface area contributed by atoms with Crippen LogP contribution in [0.2, 0.25) is 0 Å². The van der Waals surface area contributed by atoms with Crippen molar-refractivity contribution < 1.29 is 17.9 Å². The van der Waals surface area contributed by atoms with Crippen LogP contribution in [0.3, 0.4) is 0 Å². The summed E-state index contributed by atoms with van der Waals surface area (Å²) in [5.41, 5.74) is 0.785. The molecule has 1 aromatic carbocycles. The zero-order valence-electron chi connectivity index (χ0n) is 12.3. The van der Waals surface area contributed by atoms with Crippen LogP contribution in [0.4, 0.5) is 5.69 Å². The predicted molar refractivity (Wildman–Crippen MR) is 82.9 cm³/mol. The van der Waals surface area contributed by atoms with Crippen molar-refractivity contribution in [3.63, 3.8) is 0 Å². The number of benzene rings is 1. The van der Waals surface area contributed by atoms with E-state index in [2.05, 4.69) is 14.9 Å². The van der Waals surface area contributed by atoms with Crippen LogP contribution in [0.1, 0.15) is 15.9 Å². The molecule has 2 aromatic rings. The Labute approximate surface area is 132 Å². The Balaban J connectivity index is 2.42. The Morgan fingerprint density at radius 1 is 1.30 bits per heavy atom. The maximum atomic E-state index is 12.4. The third-order valence-corrected chi connectivity index (χ3v) is 4.26. The summed E-state index contributed by atoms with van der Waals surface area (Å²) in [6, 6.07) is 6.57. The summed E-state index contributed by atoms with van der Waals surface area (Å²) in [5, 5.41) is 2.27. The lowest BCUT2D eigenvalue weighted by Gasteiger charge is -2.12. The van der Waals surface area contributed by atoms with E-state index >= 15 is 0 Å². The van der Waals surface area contributed by atoms with Crippen LogP contribution in [-0.2, 0) is 10.0 Å². The summed E-state index contributed by atoms with van der Waals surface area (Å²) in [6.45, 7) is 1.75. The van der Waals surface area contributed by atoms with E-state index in [9.17, 15) is 18.1 Å². The Morgan fingerprint density at radius 3 is 2.70 bits per heavy atom. The number of aryl methyl sites for hydroxylation is 1. The number of aromatic nitrogens is 1. The van der Waals surface area contributed by atoms with Gasteiger partial charge in [0.2, 0.25) is 5.88 Å². The molecule has 23 heavy (non-hydrogen) atoms. The first-order chi connectivity index (χ1) is 10.9. The first-order valence-corrected chi connectivity index (χ1v) is 7.87. The largest absolute Gasteiger partial charge is 0.480 e. The Bertz CT molecular complexity index is 864. The number of amides is 1. The molecule has 0 saturated carbocycles. The van der Waals surface area contributed by atoms with E-state index < -0.39 is 15.9 Å². The lowest BCUT2D eigenvalue weighted by molar-refractivity contribution is 0.100. The smallest absolute Gasteiger partial charge is 0.316 e. The number of sulfonamides is 1. The van der Waals surface area contributed by atoms with Gasteiger partial charge in [-0.15, -0.1) is 4.91 Å². The minimum atomic E-state index is -3.99. The maximum absolute atomic E-state index is 12.4. The van der Waals surface area contributed by atoms with Gasteiger partial charge in [-0.2, -0.15) is 0 Å². The molecular weight excluding hydrogens is 322 g/mol. The molecule has 1 aromatic heterocycles. The lowest BCUT2D eigenvalue weighted by Crippen LogP contribution is -2.14. The fraction of sp³-hybridized carbons (Fsp3) is 0.143. The number of methoxy groups -OCH3 is 1. The molecule has 0 radical (unpaired) electrons. The number of carbonyl (C=O) groups is 1. The van der Waals surface area contributed by atoms with Crippen molar-refractivity contribution in [2.45, 2.75) is 11.8 Å². The zero-order chi connectivity index (χ0) is 17.0. The number of nitrogens with zero attached hydrogens (tertiary/aromatic N) is 2. The highest BCUT2D eigenvalue weighted by molar-refractivity contribution is 7.92. The molecule has 8 nitrogen and oxygen atoms in total. The summed E-state index contributed by atoms with van der Waals surface area (Å²) in [5.74, 6) is -0.933. The number of hydrogen-bond acceptors (Lipinski definition) is 6. The van der Waals surface area contributed by atoms with Crippen molar-refractivity contribution in [3.05, 3.63) is 52.6 Å². The number of carbonyl (C=O) groups excluding carboxylic acids is 1. The van der Waals surface area contributed by atoms with Gasteiger partial charge in [0.15, 0.2) is 0 Å². The van der Waals surface area contributed by atoms with Gasteiger partial charge in [-0.25, -0.2) is 13.4 Å². The second-order valence-corrected chi connectivity index (χ2v) is 6.28. The number of anilines is 1. The van der Waals surface area contributed by atoms with E-state index in [1.165, 1.54) is 31.5 Å². The van der Waals surface area contributed by atoms with Crippen molar-refractivity contribution >= 4 is 21.6 Å². The van der Waals surface area contributed by atoms with Crippen LogP contribution in [0.5, 0.6) is 5.88 Å². The molecule has 1 amide bonds. The highest BCUT2D eigenvalue weighted by Crippen LogP contribution is 2.25. The average molecular weight is 335 g/mol. The Hall–Kier alpha value is -2.81. The number of hydrogen-bond donors (Lipinski definition) is 1. The number of rotatable bonds is 5. The van der Waals surface area contributed by atoms with Crippen molar-refractivity contribution in [3.8, 4) is 5.88 Å². The topological polar surface area (TPSA) is 115 Å². The van der Waals surface area contributed by atoms with Crippen LogP contribution in [0.15, 0.2) is 46.6 Å². The molecule has 0 bridgehead atoms. The fourth-order valence-electron chi connectivity index (χ4n) is 1.85. The number of nitroso groups, excluding NO2 is 1. The minimum absolute atomic E-state index is 0.112. The summed E-state index contributed by atoms with van der Waals surface area (Å²) in [6.07, 6.45) is 1.53. The van der Waals surface area contributed by atoms with Crippen LogP contribution in [0, 0.1) is 11.8 Å². The highest BCUT2D eigenvalue weighted by Gasteiger charge is 2.19. The molecule has 0 fully saturated rings. The average Bonchev–Trinajstić information content (AvgIpc) is 2.54. The summed E-state index contributed by atoms with van der Waals surface area (Å²) in [7, 11) is -2.63. The Morgan fingerprint density at radius 2 is 2.04 bits per heavy atom. The molecular formula is C14H13N3O5S. The maximum Gasteiger partial charge on any atom is 0.316 e. The first-order valence-electron chi connectivity index (χ1n) is 6.38. The molecule has 0 saturated heterocycles. The van der Waals surface area contributed by atoms with E-state index in [1.807, 2.05) is 0 Å². The third kappa shape index (κ3) is 3.69. The van der Waals surface area contributed by atoms with E-state index in [0.717, 1.165) is 11.6 Å². The number of ether oxygens (including phenoxy) is 1. The van der Waals surface area contributed by atoms with Gasteiger partial charge < -0.3 is 4.74 Å². The van der Waals surface area contributed by atoms with Gasteiger partial charge in [0.05, 0.1) is 12.0 Å². The SMILES string of the molecule is COc1ncc(C)cc1NS(=O)(=O)c1cccc(C(=O)N=O)c1. The van der Waals surface area contributed by atoms with E-state index in [4.69, 9.17) is 4.74 Å².